The van der Waals surface area contributed by atoms with Crippen LogP contribution >= 0.6 is 0 Å². The molecule has 0 aliphatic carbocycles. The van der Waals surface area contributed by atoms with E-state index in [2.05, 4.69) is 4.72 Å². The number of ether oxygens (including phenoxy) is 2. The predicted octanol–water partition coefficient (Wildman–Crippen LogP) is 0.214. The molecule has 116 valence electrons. The Balaban J connectivity index is 2.04. The number of benzene rings is 1. The molecule has 0 saturated heterocycles. The van der Waals surface area contributed by atoms with Gasteiger partial charge in [-0.2, -0.15) is 0 Å². The fourth-order valence-electron chi connectivity index (χ4n) is 1.79. The third-order valence-electron chi connectivity index (χ3n) is 2.95. The second-order valence-corrected chi connectivity index (χ2v) is 6.51. The summed E-state index contributed by atoms with van der Waals surface area (Å²) in [5, 5.41) is 0. The van der Waals surface area contributed by atoms with Gasteiger partial charge in [0.1, 0.15) is 13.2 Å². The minimum atomic E-state index is -3.67. The molecule has 0 spiro atoms. The first-order chi connectivity index (χ1) is 9.90. The summed E-state index contributed by atoms with van der Waals surface area (Å²) in [5.74, 6) is 0.802. The van der Waals surface area contributed by atoms with Crippen molar-refractivity contribution in [2.75, 3.05) is 33.9 Å². The standard InChI is InChI=1S/C13H18N2O5S/c1-15(2)13(16)5-6-14-21(17,18)10-3-4-11-12(9-10)20-8-7-19-11/h3-4,9,14H,5-8H2,1-2H3. The Labute approximate surface area is 123 Å². The maximum atomic E-state index is 12.1. The summed E-state index contributed by atoms with van der Waals surface area (Å²) in [6.07, 6.45) is 0.108. The highest BCUT2D eigenvalue weighted by Gasteiger charge is 2.19. The Bertz CT molecular complexity index is 627. The van der Waals surface area contributed by atoms with Crippen LogP contribution in [0.4, 0.5) is 0 Å². The van der Waals surface area contributed by atoms with Gasteiger partial charge in [0.05, 0.1) is 4.90 Å². The minimum Gasteiger partial charge on any atom is -0.486 e. The number of sulfonamides is 1. The molecule has 1 aromatic rings. The van der Waals surface area contributed by atoms with E-state index in [-0.39, 0.29) is 23.8 Å². The van der Waals surface area contributed by atoms with Gasteiger partial charge in [-0.25, -0.2) is 13.1 Å². The quantitative estimate of drug-likeness (QED) is 0.840. The van der Waals surface area contributed by atoms with Gasteiger partial charge in [-0.1, -0.05) is 0 Å². The van der Waals surface area contributed by atoms with Crippen molar-refractivity contribution in [1.29, 1.82) is 0 Å². The number of carbonyl (C=O) groups excluding carboxylic acids is 1. The number of carbonyl (C=O) groups is 1. The third-order valence-corrected chi connectivity index (χ3v) is 4.41. The molecule has 0 fully saturated rings. The van der Waals surface area contributed by atoms with E-state index in [9.17, 15) is 13.2 Å². The Morgan fingerprint density at radius 2 is 1.90 bits per heavy atom. The van der Waals surface area contributed by atoms with Gasteiger partial charge in [-0.15, -0.1) is 0 Å². The summed E-state index contributed by atoms with van der Waals surface area (Å²) in [6.45, 7) is 0.888. The SMILES string of the molecule is CN(C)C(=O)CCNS(=O)(=O)c1ccc2c(c1)OCCO2. The molecule has 1 N–H and O–H groups in total. The smallest absolute Gasteiger partial charge is 0.240 e. The molecule has 1 aliphatic rings. The number of rotatable bonds is 5. The van der Waals surface area contributed by atoms with Crippen molar-refractivity contribution >= 4 is 15.9 Å². The highest BCUT2D eigenvalue weighted by Crippen LogP contribution is 2.32. The third kappa shape index (κ3) is 3.85. The zero-order chi connectivity index (χ0) is 15.5. The monoisotopic (exact) mass is 314 g/mol. The first-order valence-corrected chi connectivity index (χ1v) is 7.98. The second-order valence-electron chi connectivity index (χ2n) is 4.74. The van der Waals surface area contributed by atoms with Crippen molar-refractivity contribution in [3.8, 4) is 11.5 Å². The highest BCUT2D eigenvalue weighted by atomic mass is 32.2. The van der Waals surface area contributed by atoms with E-state index < -0.39 is 10.0 Å². The van der Waals surface area contributed by atoms with Crippen LogP contribution in [0.15, 0.2) is 23.1 Å². The number of nitrogens with one attached hydrogen (secondary N) is 1. The lowest BCUT2D eigenvalue weighted by Crippen LogP contribution is -2.30. The van der Waals surface area contributed by atoms with Crippen LogP contribution in [0, 0.1) is 0 Å². The van der Waals surface area contributed by atoms with E-state index in [0.29, 0.717) is 24.7 Å². The van der Waals surface area contributed by atoms with E-state index in [4.69, 9.17) is 9.47 Å². The molecule has 0 aromatic heterocycles. The van der Waals surface area contributed by atoms with Gasteiger partial charge in [-0.3, -0.25) is 4.79 Å². The zero-order valence-corrected chi connectivity index (χ0v) is 12.8. The number of nitrogens with zero attached hydrogens (tertiary/aromatic N) is 1. The summed E-state index contributed by atoms with van der Waals surface area (Å²) in [6, 6.07) is 4.43. The second kappa shape index (κ2) is 6.31. The number of fused-ring (bicyclic) bond motifs is 1. The van der Waals surface area contributed by atoms with Crippen LogP contribution in [0.2, 0.25) is 0 Å². The van der Waals surface area contributed by atoms with Gasteiger partial charge >= 0.3 is 0 Å². The molecule has 0 atom stereocenters. The Hall–Kier alpha value is -1.80. The molecule has 7 nitrogen and oxygen atoms in total. The molecule has 1 heterocycles. The molecule has 2 rings (SSSR count). The van der Waals surface area contributed by atoms with E-state index >= 15 is 0 Å². The normalized spacial score (nSPS) is 13.8. The van der Waals surface area contributed by atoms with Gasteiger partial charge in [0.2, 0.25) is 15.9 Å². The molecule has 21 heavy (non-hydrogen) atoms. The molecular formula is C13H18N2O5S. The molecule has 0 bridgehead atoms. The first kappa shape index (κ1) is 15.6. The highest BCUT2D eigenvalue weighted by molar-refractivity contribution is 7.89. The van der Waals surface area contributed by atoms with E-state index in [1.807, 2.05) is 0 Å². The topological polar surface area (TPSA) is 84.9 Å². The van der Waals surface area contributed by atoms with Gasteiger partial charge in [0.15, 0.2) is 11.5 Å². The maximum absolute atomic E-state index is 12.1. The van der Waals surface area contributed by atoms with Gasteiger partial charge < -0.3 is 14.4 Å². The summed E-state index contributed by atoms with van der Waals surface area (Å²) in [5.41, 5.74) is 0. The molecule has 0 radical (unpaired) electrons. The summed E-state index contributed by atoms with van der Waals surface area (Å²) in [4.78, 5) is 12.9. The fourth-order valence-corrected chi connectivity index (χ4v) is 2.84. The van der Waals surface area contributed by atoms with Crippen LogP contribution in [0.1, 0.15) is 6.42 Å². The van der Waals surface area contributed by atoms with Crippen LogP contribution in [-0.2, 0) is 14.8 Å². The lowest BCUT2D eigenvalue weighted by Gasteiger charge is -2.19. The molecule has 1 aromatic carbocycles. The van der Waals surface area contributed by atoms with Crippen molar-refractivity contribution in [3.63, 3.8) is 0 Å². The van der Waals surface area contributed by atoms with Crippen LogP contribution in [0.3, 0.4) is 0 Å². The van der Waals surface area contributed by atoms with E-state index in [0.717, 1.165) is 0 Å². The Morgan fingerprint density at radius 3 is 2.57 bits per heavy atom. The minimum absolute atomic E-state index is 0.0494. The summed E-state index contributed by atoms with van der Waals surface area (Å²) in [7, 11) is -0.426. The lowest BCUT2D eigenvalue weighted by molar-refractivity contribution is -0.128. The van der Waals surface area contributed by atoms with Gasteiger partial charge in [-0.05, 0) is 12.1 Å². The zero-order valence-electron chi connectivity index (χ0n) is 12.0. The van der Waals surface area contributed by atoms with Crippen molar-refractivity contribution in [1.82, 2.24) is 9.62 Å². The average Bonchev–Trinajstić information content (AvgIpc) is 2.46. The van der Waals surface area contributed by atoms with Gasteiger partial charge in [0, 0.05) is 33.1 Å². The first-order valence-electron chi connectivity index (χ1n) is 6.49. The van der Waals surface area contributed by atoms with Crippen molar-refractivity contribution < 1.29 is 22.7 Å². The largest absolute Gasteiger partial charge is 0.486 e. The Morgan fingerprint density at radius 1 is 1.24 bits per heavy atom. The number of hydrogen-bond donors (Lipinski definition) is 1. The molecule has 1 aliphatic heterocycles. The molecule has 1 amide bonds. The summed E-state index contributed by atoms with van der Waals surface area (Å²) >= 11 is 0. The predicted molar refractivity (Wildman–Crippen MR) is 75.9 cm³/mol. The van der Waals surface area contributed by atoms with Crippen LogP contribution in [0.25, 0.3) is 0 Å². The Kier molecular flexibility index (Phi) is 4.69. The summed E-state index contributed by atoms with van der Waals surface area (Å²) < 4.78 is 37.4. The van der Waals surface area contributed by atoms with Gasteiger partial charge in [0.25, 0.3) is 0 Å². The molecular weight excluding hydrogens is 296 g/mol. The lowest BCUT2D eigenvalue weighted by atomic mass is 10.3. The maximum Gasteiger partial charge on any atom is 0.240 e. The van der Waals surface area contributed by atoms with E-state index in [1.165, 1.54) is 17.0 Å². The van der Waals surface area contributed by atoms with Crippen molar-refractivity contribution in [2.45, 2.75) is 11.3 Å². The van der Waals surface area contributed by atoms with E-state index in [1.54, 1.807) is 20.2 Å². The van der Waals surface area contributed by atoms with Crippen LogP contribution < -0.4 is 14.2 Å². The number of amides is 1. The molecule has 0 unspecified atom stereocenters. The van der Waals surface area contributed by atoms with Crippen molar-refractivity contribution in [2.24, 2.45) is 0 Å². The fraction of sp³-hybridized carbons (Fsp3) is 0.462. The molecule has 0 saturated carbocycles. The number of hydrogen-bond acceptors (Lipinski definition) is 5. The van der Waals surface area contributed by atoms with Crippen molar-refractivity contribution in [3.05, 3.63) is 18.2 Å². The van der Waals surface area contributed by atoms with Crippen LogP contribution in [-0.4, -0.2) is 53.1 Å². The van der Waals surface area contributed by atoms with Crippen LogP contribution in [0.5, 0.6) is 11.5 Å². The molecule has 8 heteroatoms. The average molecular weight is 314 g/mol.